The first-order valence-corrected chi connectivity index (χ1v) is 4.94. The summed E-state index contributed by atoms with van der Waals surface area (Å²) < 4.78 is 50.4. The minimum absolute atomic E-state index is 0.0447. The van der Waals surface area contributed by atoms with Crippen LogP contribution in [0.3, 0.4) is 0 Å². The topological polar surface area (TPSA) is 32.9 Å². The molecule has 0 aliphatic rings. The van der Waals surface area contributed by atoms with Gasteiger partial charge in [0.05, 0.1) is 5.56 Å². The van der Waals surface area contributed by atoms with Crippen molar-refractivity contribution in [3.8, 4) is 11.1 Å². The number of rotatable bonds is 1. The molecule has 0 bridgehead atoms. The molecule has 18 heavy (non-hydrogen) atoms. The highest BCUT2D eigenvalue weighted by Gasteiger charge is 2.30. The quantitative estimate of drug-likeness (QED) is 0.617. The van der Waals surface area contributed by atoms with Gasteiger partial charge in [-0.05, 0) is 23.8 Å². The fraction of sp³-hybridized carbons (Fsp3) is 0.0833. The fourth-order valence-electron chi connectivity index (χ4n) is 1.51. The Kier molecular flexibility index (Phi) is 2.94. The molecule has 2 aromatic rings. The highest BCUT2D eigenvalue weighted by atomic mass is 19.4. The number of benzene rings is 1. The second kappa shape index (κ2) is 4.29. The van der Waals surface area contributed by atoms with E-state index in [1.165, 1.54) is 6.07 Å². The predicted octanol–water partition coefficient (Wildman–Crippen LogP) is 3.20. The zero-order chi connectivity index (χ0) is 13.3. The number of alkyl halides is 3. The van der Waals surface area contributed by atoms with Gasteiger partial charge in [0.15, 0.2) is 0 Å². The summed E-state index contributed by atoms with van der Waals surface area (Å²) in [5.74, 6) is -0.873. The summed E-state index contributed by atoms with van der Waals surface area (Å²) >= 11 is 0. The van der Waals surface area contributed by atoms with Gasteiger partial charge in [-0.1, -0.05) is 12.1 Å². The summed E-state index contributed by atoms with van der Waals surface area (Å²) in [5.41, 5.74) is -1.11. The van der Waals surface area contributed by atoms with Gasteiger partial charge in [0.2, 0.25) is 11.5 Å². The van der Waals surface area contributed by atoms with E-state index in [-0.39, 0.29) is 11.1 Å². The Hall–Kier alpha value is -2.11. The molecule has 0 aliphatic carbocycles. The van der Waals surface area contributed by atoms with Gasteiger partial charge in [-0.3, -0.25) is 9.78 Å². The molecule has 2 rings (SSSR count). The molecule has 1 aromatic carbocycles. The maximum absolute atomic E-state index is 13.4. The summed E-state index contributed by atoms with van der Waals surface area (Å²) in [6, 6.07) is 6.35. The Morgan fingerprint density at radius 3 is 2.06 bits per heavy atom. The average molecular weight is 257 g/mol. The standard InChI is InChI=1S/C12H7F4NO/c13-11-9(5-6-10(18)17-11)7-1-3-8(4-2-7)12(14,15)16/h1-6H,(H,17,18). The molecule has 0 aliphatic heterocycles. The van der Waals surface area contributed by atoms with Crippen molar-refractivity contribution in [3.63, 3.8) is 0 Å². The molecule has 94 valence electrons. The van der Waals surface area contributed by atoms with Crippen molar-refractivity contribution >= 4 is 0 Å². The molecule has 0 fully saturated rings. The monoisotopic (exact) mass is 257 g/mol. The van der Waals surface area contributed by atoms with E-state index in [1.807, 2.05) is 4.98 Å². The molecule has 2 nitrogen and oxygen atoms in total. The fourth-order valence-corrected chi connectivity index (χ4v) is 1.51. The van der Waals surface area contributed by atoms with Crippen LogP contribution in [0.4, 0.5) is 17.6 Å². The second-order valence-corrected chi connectivity index (χ2v) is 3.63. The molecular weight excluding hydrogens is 250 g/mol. The van der Waals surface area contributed by atoms with Crippen LogP contribution in [-0.4, -0.2) is 4.98 Å². The van der Waals surface area contributed by atoms with Gasteiger partial charge in [-0.15, -0.1) is 0 Å². The first-order valence-electron chi connectivity index (χ1n) is 4.94. The van der Waals surface area contributed by atoms with E-state index in [9.17, 15) is 22.4 Å². The van der Waals surface area contributed by atoms with Crippen molar-refractivity contribution in [2.75, 3.05) is 0 Å². The van der Waals surface area contributed by atoms with Crippen LogP contribution in [0.15, 0.2) is 41.2 Å². The van der Waals surface area contributed by atoms with Crippen molar-refractivity contribution < 1.29 is 17.6 Å². The average Bonchev–Trinajstić information content (AvgIpc) is 2.28. The zero-order valence-electron chi connectivity index (χ0n) is 8.88. The van der Waals surface area contributed by atoms with Crippen LogP contribution in [0.5, 0.6) is 0 Å². The number of H-pyrrole nitrogens is 1. The minimum Gasteiger partial charge on any atom is -0.298 e. The van der Waals surface area contributed by atoms with Crippen LogP contribution >= 0.6 is 0 Å². The van der Waals surface area contributed by atoms with Gasteiger partial charge in [-0.25, -0.2) is 0 Å². The molecule has 0 saturated carbocycles. The summed E-state index contributed by atoms with van der Waals surface area (Å²) in [7, 11) is 0. The highest BCUT2D eigenvalue weighted by molar-refractivity contribution is 5.63. The van der Waals surface area contributed by atoms with Crippen LogP contribution in [0.25, 0.3) is 11.1 Å². The lowest BCUT2D eigenvalue weighted by Crippen LogP contribution is -2.07. The summed E-state index contributed by atoms with van der Waals surface area (Å²) in [5, 5.41) is 0. The van der Waals surface area contributed by atoms with Gasteiger partial charge >= 0.3 is 6.18 Å². The predicted molar refractivity (Wildman–Crippen MR) is 57.5 cm³/mol. The molecule has 0 unspecified atom stereocenters. The Bertz CT molecular complexity index is 613. The third-order valence-electron chi connectivity index (χ3n) is 2.39. The van der Waals surface area contributed by atoms with Crippen LogP contribution in [0.1, 0.15) is 5.56 Å². The highest BCUT2D eigenvalue weighted by Crippen LogP contribution is 2.31. The van der Waals surface area contributed by atoms with Crippen molar-refractivity contribution in [3.05, 3.63) is 58.3 Å². The Balaban J connectivity index is 2.44. The number of aromatic nitrogens is 1. The minimum atomic E-state index is -4.43. The Labute approximate surface area is 98.9 Å². The van der Waals surface area contributed by atoms with Crippen molar-refractivity contribution in [2.45, 2.75) is 6.18 Å². The summed E-state index contributed by atoms with van der Waals surface area (Å²) in [6.07, 6.45) is -4.43. The third kappa shape index (κ3) is 2.42. The maximum Gasteiger partial charge on any atom is 0.416 e. The van der Waals surface area contributed by atoms with Crippen LogP contribution < -0.4 is 5.56 Å². The van der Waals surface area contributed by atoms with E-state index >= 15 is 0 Å². The molecule has 6 heteroatoms. The maximum atomic E-state index is 13.4. The molecule has 0 radical (unpaired) electrons. The molecule has 0 saturated heterocycles. The van der Waals surface area contributed by atoms with E-state index in [0.717, 1.165) is 30.3 Å². The molecule has 1 heterocycles. The Morgan fingerprint density at radius 2 is 1.56 bits per heavy atom. The second-order valence-electron chi connectivity index (χ2n) is 3.63. The van der Waals surface area contributed by atoms with E-state index in [0.29, 0.717) is 0 Å². The normalized spacial score (nSPS) is 11.6. The van der Waals surface area contributed by atoms with Gasteiger partial charge < -0.3 is 0 Å². The van der Waals surface area contributed by atoms with Crippen molar-refractivity contribution in [2.24, 2.45) is 0 Å². The van der Waals surface area contributed by atoms with E-state index in [4.69, 9.17) is 0 Å². The van der Waals surface area contributed by atoms with Crippen LogP contribution in [0.2, 0.25) is 0 Å². The molecular formula is C12H7F4NO. The van der Waals surface area contributed by atoms with Crippen LogP contribution in [-0.2, 0) is 6.18 Å². The summed E-state index contributed by atoms with van der Waals surface area (Å²) in [6.45, 7) is 0. The molecule has 0 spiro atoms. The van der Waals surface area contributed by atoms with Crippen molar-refractivity contribution in [1.29, 1.82) is 0 Å². The number of hydrogen-bond acceptors (Lipinski definition) is 1. The SMILES string of the molecule is O=c1ccc(-c2ccc(C(F)(F)F)cc2)c(F)[nH]1. The molecule has 0 atom stereocenters. The molecule has 0 amide bonds. The first-order chi connectivity index (χ1) is 8.38. The number of pyridine rings is 1. The first kappa shape index (κ1) is 12.3. The molecule has 1 aromatic heterocycles. The summed E-state index contributed by atoms with van der Waals surface area (Å²) in [4.78, 5) is 12.8. The van der Waals surface area contributed by atoms with Gasteiger partial charge in [0.1, 0.15) is 0 Å². The smallest absolute Gasteiger partial charge is 0.298 e. The lowest BCUT2D eigenvalue weighted by atomic mass is 10.1. The molecule has 1 N–H and O–H groups in total. The van der Waals surface area contributed by atoms with Gasteiger partial charge in [-0.2, -0.15) is 17.6 Å². The number of hydrogen-bond donors (Lipinski definition) is 1. The van der Waals surface area contributed by atoms with E-state index in [1.54, 1.807) is 0 Å². The van der Waals surface area contributed by atoms with E-state index < -0.39 is 23.2 Å². The number of halogens is 4. The van der Waals surface area contributed by atoms with Crippen molar-refractivity contribution in [1.82, 2.24) is 4.98 Å². The van der Waals surface area contributed by atoms with Gasteiger partial charge in [0.25, 0.3) is 0 Å². The zero-order valence-corrected chi connectivity index (χ0v) is 8.88. The number of aromatic amines is 1. The largest absolute Gasteiger partial charge is 0.416 e. The van der Waals surface area contributed by atoms with E-state index in [2.05, 4.69) is 0 Å². The number of nitrogens with one attached hydrogen (secondary N) is 1. The third-order valence-corrected chi connectivity index (χ3v) is 2.39. The lowest BCUT2D eigenvalue weighted by Gasteiger charge is -2.08. The Morgan fingerprint density at radius 1 is 0.944 bits per heavy atom. The van der Waals surface area contributed by atoms with Gasteiger partial charge in [0, 0.05) is 11.6 Å². The van der Waals surface area contributed by atoms with Crippen LogP contribution in [0, 0.1) is 5.95 Å². The lowest BCUT2D eigenvalue weighted by molar-refractivity contribution is -0.137.